The molecule has 1 aromatic heterocycles. The van der Waals surface area contributed by atoms with Crippen LogP contribution in [-0.2, 0) is 10.0 Å². The molecule has 1 heterocycles. The molecule has 0 spiro atoms. The van der Waals surface area contributed by atoms with Crippen LogP contribution < -0.4 is 4.72 Å². The summed E-state index contributed by atoms with van der Waals surface area (Å²) < 4.78 is 27.6. The first-order valence-electron chi connectivity index (χ1n) is 5.76. The number of halogens is 1. The summed E-state index contributed by atoms with van der Waals surface area (Å²) in [6, 6.07) is 6.67. The number of carboxylic acid groups (broad SMARTS) is 1. The number of hydrogen-bond donors (Lipinski definition) is 2. The Hall–Kier alpha value is -1.29. The summed E-state index contributed by atoms with van der Waals surface area (Å²) in [5.41, 5.74) is 1.50. The minimum Gasteiger partial charge on any atom is -0.476 e. The second kappa shape index (κ2) is 6.22. The fourth-order valence-corrected chi connectivity index (χ4v) is 4.33. The fourth-order valence-electron chi connectivity index (χ4n) is 1.67. The van der Waals surface area contributed by atoms with Crippen molar-refractivity contribution in [2.45, 2.75) is 17.2 Å². The highest BCUT2D eigenvalue weighted by Gasteiger charge is 2.27. The molecule has 1 aromatic carbocycles. The lowest BCUT2D eigenvalue weighted by atomic mass is 10.1. The van der Waals surface area contributed by atoms with Crippen molar-refractivity contribution in [3.05, 3.63) is 45.5 Å². The van der Waals surface area contributed by atoms with E-state index in [4.69, 9.17) is 5.11 Å². The van der Waals surface area contributed by atoms with Crippen molar-refractivity contribution in [3.8, 4) is 0 Å². The van der Waals surface area contributed by atoms with Gasteiger partial charge in [0.05, 0.1) is 5.51 Å². The quantitative estimate of drug-likeness (QED) is 0.817. The number of carbonyl (C=O) groups is 1. The van der Waals surface area contributed by atoms with Gasteiger partial charge < -0.3 is 5.11 Å². The van der Waals surface area contributed by atoms with Crippen LogP contribution in [0.3, 0.4) is 0 Å². The number of carboxylic acids is 1. The largest absolute Gasteiger partial charge is 0.476 e. The molecule has 0 bridgehead atoms. The van der Waals surface area contributed by atoms with Gasteiger partial charge in [0, 0.05) is 10.5 Å². The number of thiazole rings is 1. The van der Waals surface area contributed by atoms with Gasteiger partial charge in [0.15, 0.2) is 9.90 Å². The SMILES string of the molecule is C[C@H](NS(=O)(=O)c1scnc1C(=O)O)c1ccc(Br)cc1. The van der Waals surface area contributed by atoms with Gasteiger partial charge in [-0.25, -0.2) is 22.9 Å². The van der Waals surface area contributed by atoms with E-state index in [1.807, 2.05) is 0 Å². The van der Waals surface area contributed by atoms with E-state index in [0.717, 1.165) is 21.4 Å². The molecule has 0 unspecified atom stereocenters. The zero-order valence-electron chi connectivity index (χ0n) is 10.8. The van der Waals surface area contributed by atoms with Crippen LogP contribution in [0.4, 0.5) is 0 Å². The summed E-state index contributed by atoms with van der Waals surface area (Å²) in [6.45, 7) is 1.68. The molecule has 0 saturated carbocycles. The van der Waals surface area contributed by atoms with Crippen LogP contribution >= 0.6 is 27.3 Å². The monoisotopic (exact) mass is 390 g/mol. The van der Waals surface area contributed by atoms with Gasteiger partial charge in [0.2, 0.25) is 0 Å². The standard InChI is InChI=1S/C12H11BrN2O4S2/c1-7(8-2-4-9(13)5-3-8)15-21(18,19)12-10(11(16)17)14-6-20-12/h2-7,15H,1H3,(H,16,17)/t7-/m0/s1. The van der Waals surface area contributed by atoms with Crippen LogP contribution in [0.25, 0.3) is 0 Å². The highest BCUT2D eigenvalue weighted by Crippen LogP contribution is 2.23. The number of benzene rings is 1. The molecule has 2 rings (SSSR count). The summed E-state index contributed by atoms with van der Waals surface area (Å²) >= 11 is 4.08. The second-order valence-electron chi connectivity index (χ2n) is 4.19. The molecular weight excluding hydrogens is 380 g/mol. The molecular formula is C12H11BrN2O4S2. The van der Waals surface area contributed by atoms with Crippen molar-refractivity contribution in [1.82, 2.24) is 9.71 Å². The Morgan fingerprint density at radius 3 is 2.57 bits per heavy atom. The molecule has 0 aliphatic heterocycles. The summed E-state index contributed by atoms with van der Waals surface area (Å²) in [5.74, 6) is -1.37. The lowest BCUT2D eigenvalue weighted by Gasteiger charge is -2.14. The zero-order chi connectivity index (χ0) is 15.6. The molecule has 0 saturated heterocycles. The van der Waals surface area contributed by atoms with Gasteiger partial charge in [-0.2, -0.15) is 0 Å². The van der Waals surface area contributed by atoms with Crippen LogP contribution in [-0.4, -0.2) is 24.5 Å². The van der Waals surface area contributed by atoms with E-state index in [2.05, 4.69) is 25.6 Å². The van der Waals surface area contributed by atoms with Gasteiger partial charge in [0.1, 0.15) is 0 Å². The number of aromatic nitrogens is 1. The Morgan fingerprint density at radius 2 is 2.00 bits per heavy atom. The van der Waals surface area contributed by atoms with Gasteiger partial charge >= 0.3 is 5.97 Å². The molecule has 2 aromatic rings. The van der Waals surface area contributed by atoms with Crippen LogP contribution in [0.15, 0.2) is 38.5 Å². The minimum absolute atomic E-state index is 0.293. The average Bonchev–Trinajstić information content (AvgIpc) is 2.89. The second-order valence-corrected chi connectivity index (χ2v) is 7.87. The molecule has 21 heavy (non-hydrogen) atoms. The van der Waals surface area contributed by atoms with Crippen LogP contribution in [0, 0.1) is 0 Å². The number of nitrogens with one attached hydrogen (secondary N) is 1. The molecule has 6 nitrogen and oxygen atoms in total. The predicted molar refractivity (Wildman–Crippen MR) is 82.0 cm³/mol. The molecule has 0 fully saturated rings. The third-order valence-corrected chi connectivity index (χ3v) is 6.12. The van der Waals surface area contributed by atoms with E-state index in [-0.39, 0.29) is 4.21 Å². The van der Waals surface area contributed by atoms with Gasteiger partial charge in [-0.05, 0) is 24.6 Å². The number of rotatable bonds is 5. The Balaban J connectivity index is 2.27. The van der Waals surface area contributed by atoms with Crippen LogP contribution in [0.5, 0.6) is 0 Å². The number of nitrogens with zero attached hydrogens (tertiary/aromatic N) is 1. The van der Waals surface area contributed by atoms with E-state index in [1.54, 1.807) is 31.2 Å². The van der Waals surface area contributed by atoms with Crippen molar-refractivity contribution in [2.75, 3.05) is 0 Å². The summed E-state index contributed by atoms with van der Waals surface area (Å²) in [7, 11) is -3.94. The molecule has 0 aliphatic carbocycles. The van der Waals surface area contributed by atoms with E-state index in [1.165, 1.54) is 5.51 Å². The maximum Gasteiger partial charge on any atom is 0.356 e. The van der Waals surface area contributed by atoms with Gasteiger partial charge in [0.25, 0.3) is 10.0 Å². The molecule has 0 aliphatic rings. The number of aromatic carboxylic acids is 1. The predicted octanol–water partition coefficient (Wildman–Crippen LogP) is 2.64. The Bertz CT molecular complexity index is 756. The molecule has 1 atom stereocenters. The van der Waals surface area contributed by atoms with E-state index in [0.29, 0.717) is 0 Å². The Morgan fingerprint density at radius 1 is 1.38 bits per heavy atom. The van der Waals surface area contributed by atoms with E-state index in [9.17, 15) is 13.2 Å². The average molecular weight is 391 g/mol. The van der Waals surface area contributed by atoms with Crippen molar-refractivity contribution < 1.29 is 18.3 Å². The smallest absolute Gasteiger partial charge is 0.356 e. The maximum absolute atomic E-state index is 12.3. The lowest BCUT2D eigenvalue weighted by molar-refractivity contribution is 0.0687. The first kappa shape index (κ1) is 16.1. The minimum atomic E-state index is -3.94. The van der Waals surface area contributed by atoms with Gasteiger partial charge in [-0.3, -0.25) is 0 Å². The van der Waals surface area contributed by atoms with E-state index < -0.39 is 27.7 Å². The number of sulfonamides is 1. The van der Waals surface area contributed by atoms with Gasteiger partial charge in [-0.15, -0.1) is 11.3 Å². The van der Waals surface area contributed by atoms with E-state index >= 15 is 0 Å². The van der Waals surface area contributed by atoms with Crippen molar-refractivity contribution in [2.24, 2.45) is 0 Å². The highest BCUT2D eigenvalue weighted by molar-refractivity contribution is 9.10. The molecule has 0 radical (unpaired) electrons. The summed E-state index contributed by atoms with van der Waals surface area (Å²) in [4.78, 5) is 14.5. The number of hydrogen-bond acceptors (Lipinski definition) is 5. The highest BCUT2D eigenvalue weighted by atomic mass is 79.9. The van der Waals surface area contributed by atoms with Gasteiger partial charge in [-0.1, -0.05) is 28.1 Å². The fraction of sp³-hybridized carbons (Fsp3) is 0.167. The normalized spacial score (nSPS) is 13.0. The zero-order valence-corrected chi connectivity index (χ0v) is 14.0. The summed E-state index contributed by atoms with van der Waals surface area (Å²) in [5, 5.41) is 8.95. The molecule has 0 amide bonds. The maximum atomic E-state index is 12.3. The topological polar surface area (TPSA) is 96.4 Å². The van der Waals surface area contributed by atoms with Crippen LogP contribution in [0.1, 0.15) is 29.0 Å². The Kier molecular flexibility index (Phi) is 4.77. The molecule has 2 N–H and O–H groups in total. The molecule has 9 heteroatoms. The molecule has 112 valence electrons. The third kappa shape index (κ3) is 3.67. The first-order chi connectivity index (χ1) is 9.81. The first-order valence-corrected chi connectivity index (χ1v) is 8.91. The third-order valence-electron chi connectivity index (χ3n) is 2.68. The Labute approximate surface area is 134 Å². The van der Waals surface area contributed by atoms with Crippen LogP contribution in [0.2, 0.25) is 0 Å². The summed E-state index contributed by atoms with van der Waals surface area (Å²) in [6.07, 6.45) is 0. The van der Waals surface area contributed by atoms with Crippen molar-refractivity contribution in [3.63, 3.8) is 0 Å². The lowest BCUT2D eigenvalue weighted by Crippen LogP contribution is -2.27. The van der Waals surface area contributed by atoms with Crippen molar-refractivity contribution >= 4 is 43.3 Å². The van der Waals surface area contributed by atoms with Crippen molar-refractivity contribution in [1.29, 1.82) is 0 Å².